The van der Waals surface area contributed by atoms with E-state index in [-0.39, 0.29) is 52.5 Å². The van der Waals surface area contributed by atoms with Gasteiger partial charge in [-0.2, -0.15) is 0 Å². The van der Waals surface area contributed by atoms with Crippen LogP contribution in [0.3, 0.4) is 0 Å². The Balaban J connectivity index is 1.73. The molecule has 0 aromatic heterocycles. The minimum absolute atomic E-state index is 0.00562. The van der Waals surface area contributed by atoms with Crippen molar-refractivity contribution < 1.29 is 36.6 Å². The molecule has 0 saturated carbocycles. The average Bonchev–Trinajstić information content (AvgIpc) is 2.87. The first-order valence-corrected chi connectivity index (χ1v) is 13.9. The van der Waals surface area contributed by atoms with Crippen molar-refractivity contribution in [2.75, 3.05) is 18.0 Å². The highest BCUT2D eigenvalue weighted by atomic mass is 35.5. The van der Waals surface area contributed by atoms with E-state index in [0.29, 0.717) is 17.7 Å². The second kappa shape index (κ2) is 11.0. The largest absolute Gasteiger partial charge is 0.494 e. The Kier molecular flexibility index (Phi) is 8.09. The highest BCUT2D eigenvalue weighted by Gasteiger charge is 2.38. The number of anilines is 1. The van der Waals surface area contributed by atoms with Gasteiger partial charge in [-0.3, -0.25) is 9.10 Å². The van der Waals surface area contributed by atoms with Gasteiger partial charge < -0.3 is 14.6 Å². The first-order valence-electron chi connectivity index (χ1n) is 12.1. The van der Waals surface area contributed by atoms with Gasteiger partial charge in [-0.25, -0.2) is 17.2 Å². The molecule has 4 rings (SSSR count). The molecule has 0 bridgehead atoms. The summed E-state index contributed by atoms with van der Waals surface area (Å²) in [5.41, 5.74) is 0.0793. The average molecular weight is 580 g/mol. The number of rotatable bonds is 9. The number of sulfonamides is 1. The molecule has 1 N–H and O–H groups in total. The van der Waals surface area contributed by atoms with Crippen LogP contribution >= 0.6 is 11.6 Å². The summed E-state index contributed by atoms with van der Waals surface area (Å²) in [5.74, 6) is -2.48. The van der Waals surface area contributed by atoms with Gasteiger partial charge in [0, 0.05) is 24.2 Å². The zero-order valence-corrected chi connectivity index (χ0v) is 23.2. The van der Waals surface area contributed by atoms with Gasteiger partial charge in [0.15, 0.2) is 11.6 Å². The SMILES string of the molecule is COc1cc(S(=O)(=O)N2CC(CC(C)(C)C(=O)O)Cc3ccc(OCc4c(F)cccc4Cl)cc32)ccc1F. The zero-order chi connectivity index (χ0) is 28.5. The molecule has 11 heteroatoms. The predicted molar refractivity (Wildman–Crippen MR) is 143 cm³/mol. The fourth-order valence-electron chi connectivity index (χ4n) is 4.67. The summed E-state index contributed by atoms with van der Waals surface area (Å²) in [6, 6.07) is 12.5. The van der Waals surface area contributed by atoms with Gasteiger partial charge in [-0.15, -0.1) is 0 Å². The maximum Gasteiger partial charge on any atom is 0.309 e. The van der Waals surface area contributed by atoms with Crippen LogP contribution in [0.1, 0.15) is 31.4 Å². The van der Waals surface area contributed by atoms with Crippen LogP contribution in [-0.2, 0) is 27.8 Å². The Morgan fingerprint density at radius 2 is 1.87 bits per heavy atom. The van der Waals surface area contributed by atoms with Crippen molar-refractivity contribution in [2.24, 2.45) is 11.3 Å². The van der Waals surface area contributed by atoms with E-state index in [9.17, 15) is 27.1 Å². The van der Waals surface area contributed by atoms with Crippen molar-refractivity contribution in [1.29, 1.82) is 0 Å². The molecule has 0 spiro atoms. The van der Waals surface area contributed by atoms with Crippen molar-refractivity contribution in [3.05, 3.63) is 82.4 Å². The normalized spacial score (nSPS) is 15.5. The Hall–Kier alpha value is -3.37. The quantitative estimate of drug-likeness (QED) is 0.330. The standard InChI is InChI=1S/C28H28ClF2NO6S/c1-28(2,27(33)34)14-17-11-18-7-8-19(38-16-21-22(29)5-4-6-23(21)30)12-25(18)32(15-17)39(35,36)20-9-10-24(31)26(13-20)37-3/h4-10,12-13,17H,11,14-16H2,1-3H3,(H,33,34). The highest BCUT2D eigenvalue weighted by molar-refractivity contribution is 7.92. The van der Waals surface area contributed by atoms with Gasteiger partial charge in [0.25, 0.3) is 10.0 Å². The van der Waals surface area contributed by atoms with E-state index in [1.165, 1.54) is 23.5 Å². The van der Waals surface area contributed by atoms with E-state index in [4.69, 9.17) is 21.1 Å². The number of hydrogen-bond donors (Lipinski definition) is 1. The molecule has 1 unspecified atom stereocenters. The molecular weight excluding hydrogens is 552 g/mol. The van der Waals surface area contributed by atoms with Gasteiger partial charge in [0.1, 0.15) is 18.2 Å². The lowest BCUT2D eigenvalue weighted by Gasteiger charge is -2.37. The summed E-state index contributed by atoms with van der Waals surface area (Å²) in [5, 5.41) is 9.85. The van der Waals surface area contributed by atoms with Crippen molar-refractivity contribution in [1.82, 2.24) is 0 Å². The third kappa shape index (κ3) is 5.96. The Morgan fingerprint density at radius 1 is 1.13 bits per heavy atom. The second-order valence-corrected chi connectivity index (χ2v) is 12.3. The number of ether oxygens (including phenoxy) is 2. The van der Waals surface area contributed by atoms with E-state index < -0.39 is 33.0 Å². The van der Waals surface area contributed by atoms with Crippen LogP contribution in [0.5, 0.6) is 11.5 Å². The van der Waals surface area contributed by atoms with Crippen molar-refractivity contribution >= 4 is 33.3 Å². The fourth-order valence-corrected chi connectivity index (χ4v) is 6.48. The van der Waals surface area contributed by atoms with Crippen LogP contribution in [0.2, 0.25) is 5.02 Å². The number of fused-ring (bicyclic) bond motifs is 1. The number of halogens is 3. The van der Waals surface area contributed by atoms with Gasteiger partial charge >= 0.3 is 5.97 Å². The Bertz CT molecular complexity index is 1490. The lowest BCUT2D eigenvalue weighted by molar-refractivity contribution is -0.147. The van der Waals surface area contributed by atoms with E-state index in [1.807, 2.05) is 0 Å². The lowest BCUT2D eigenvalue weighted by Crippen LogP contribution is -2.42. The molecule has 0 saturated heterocycles. The summed E-state index contributed by atoms with van der Waals surface area (Å²) < 4.78 is 68.0. The molecule has 1 atom stereocenters. The number of carboxylic acid groups (broad SMARTS) is 1. The van der Waals surface area contributed by atoms with Crippen LogP contribution in [0.4, 0.5) is 14.5 Å². The number of benzene rings is 3. The Labute approximate surface area is 231 Å². The summed E-state index contributed by atoms with van der Waals surface area (Å²) >= 11 is 6.10. The first kappa shape index (κ1) is 28.6. The summed E-state index contributed by atoms with van der Waals surface area (Å²) in [7, 11) is -2.99. The molecule has 3 aromatic rings. The van der Waals surface area contributed by atoms with Crippen LogP contribution in [0, 0.1) is 23.0 Å². The van der Waals surface area contributed by atoms with E-state index in [1.54, 1.807) is 38.1 Å². The van der Waals surface area contributed by atoms with Gasteiger partial charge in [0.2, 0.25) is 0 Å². The van der Waals surface area contributed by atoms with Crippen LogP contribution in [0.25, 0.3) is 0 Å². The van der Waals surface area contributed by atoms with E-state index in [0.717, 1.165) is 18.2 Å². The monoisotopic (exact) mass is 579 g/mol. The molecular formula is C28H28ClF2NO6S. The third-order valence-electron chi connectivity index (χ3n) is 6.79. The number of hydrogen-bond acceptors (Lipinski definition) is 5. The van der Waals surface area contributed by atoms with Crippen LogP contribution in [0.15, 0.2) is 59.5 Å². The van der Waals surface area contributed by atoms with Crippen molar-refractivity contribution in [2.45, 2.75) is 38.2 Å². The number of nitrogens with zero attached hydrogens (tertiary/aromatic N) is 1. The molecule has 208 valence electrons. The highest BCUT2D eigenvalue weighted by Crippen LogP contribution is 2.40. The molecule has 1 aliphatic rings. The smallest absolute Gasteiger partial charge is 0.309 e. The molecule has 1 aliphatic heterocycles. The predicted octanol–water partition coefficient (Wildman–Crippen LogP) is 6.07. The van der Waals surface area contributed by atoms with E-state index >= 15 is 0 Å². The summed E-state index contributed by atoms with van der Waals surface area (Å²) in [6.07, 6.45) is 0.661. The minimum Gasteiger partial charge on any atom is -0.494 e. The first-order chi connectivity index (χ1) is 18.3. The maximum atomic E-state index is 14.2. The summed E-state index contributed by atoms with van der Waals surface area (Å²) in [4.78, 5) is 11.6. The molecule has 1 heterocycles. The van der Waals surface area contributed by atoms with Crippen molar-refractivity contribution in [3.8, 4) is 11.5 Å². The molecule has 3 aromatic carbocycles. The molecule has 0 fully saturated rings. The number of carbonyl (C=O) groups is 1. The molecule has 7 nitrogen and oxygen atoms in total. The molecule has 39 heavy (non-hydrogen) atoms. The minimum atomic E-state index is -4.23. The Morgan fingerprint density at radius 3 is 2.54 bits per heavy atom. The van der Waals surface area contributed by atoms with Gasteiger partial charge in [0.05, 0.1) is 28.1 Å². The lowest BCUT2D eigenvalue weighted by atomic mass is 9.79. The number of methoxy groups -OCH3 is 1. The molecule has 0 amide bonds. The van der Waals surface area contributed by atoms with E-state index in [2.05, 4.69) is 0 Å². The second-order valence-electron chi connectivity index (χ2n) is 10.1. The zero-order valence-electron chi connectivity index (χ0n) is 21.6. The molecule has 0 radical (unpaired) electrons. The van der Waals surface area contributed by atoms with Crippen molar-refractivity contribution in [3.63, 3.8) is 0 Å². The van der Waals surface area contributed by atoms with Crippen LogP contribution in [-0.4, -0.2) is 33.1 Å². The maximum absolute atomic E-state index is 14.2. The third-order valence-corrected chi connectivity index (χ3v) is 8.92. The van der Waals surface area contributed by atoms with Gasteiger partial charge in [-0.05, 0) is 68.5 Å². The summed E-state index contributed by atoms with van der Waals surface area (Å²) in [6.45, 7) is 3.01. The molecule has 0 aliphatic carbocycles. The topological polar surface area (TPSA) is 93.1 Å². The number of aliphatic carboxylic acids is 1. The van der Waals surface area contributed by atoms with Crippen LogP contribution < -0.4 is 13.8 Å². The van der Waals surface area contributed by atoms with Gasteiger partial charge in [-0.1, -0.05) is 23.7 Å². The number of carboxylic acids is 1. The fraction of sp³-hybridized carbons (Fsp3) is 0.321.